The van der Waals surface area contributed by atoms with Crippen molar-refractivity contribution in [2.75, 3.05) is 0 Å². The van der Waals surface area contributed by atoms with Crippen molar-refractivity contribution in [2.45, 2.75) is 65.4 Å². The number of aliphatic hydroxyl groups excluding tert-OH is 1. The summed E-state index contributed by atoms with van der Waals surface area (Å²) in [5.74, 6) is -1.39. The predicted octanol–water partition coefficient (Wildman–Crippen LogP) is 3.50. The Balaban J connectivity index is 1.84. The molecule has 3 saturated carbocycles. The molecule has 5 nitrogen and oxygen atoms in total. The van der Waals surface area contributed by atoms with Crippen molar-refractivity contribution in [1.82, 2.24) is 0 Å². The Hall–Kier alpha value is -1.10. The molecule has 0 spiro atoms. The van der Waals surface area contributed by atoms with Gasteiger partial charge in [0.15, 0.2) is 0 Å². The lowest BCUT2D eigenvalue weighted by molar-refractivity contribution is -0.158. The zero-order valence-electron chi connectivity index (χ0n) is 16.2. The van der Waals surface area contributed by atoms with E-state index in [4.69, 9.17) is 0 Å². The SMILES string of the molecule is CC1CCC(C(C)C2C3CCC(C3)C2C(C(=O)O)C(C)C(=O)O)CC1O. The number of hydrogen-bond acceptors (Lipinski definition) is 3. The standard InChI is InChI=1S/C21H34O5/c1-10-4-5-13(9-16(10)22)11(2)17-14-6-7-15(8-14)19(17)18(21(25)26)12(3)20(23)24/h10-19,22H,4-9H2,1-3H3,(H,23,24)(H,25,26). The van der Waals surface area contributed by atoms with Crippen molar-refractivity contribution in [3.63, 3.8) is 0 Å². The summed E-state index contributed by atoms with van der Waals surface area (Å²) in [5.41, 5.74) is 0. The highest BCUT2D eigenvalue weighted by Crippen LogP contribution is 2.60. The number of rotatable bonds is 6. The Labute approximate surface area is 156 Å². The van der Waals surface area contributed by atoms with E-state index in [1.807, 2.05) is 0 Å². The number of carboxylic acids is 2. The Morgan fingerprint density at radius 3 is 2.04 bits per heavy atom. The first kappa shape index (κ1) is 19.7. The third-order valence-electron chi connectivity index (χ3n) is 8.22. The molecule has 10 atom stereocenters. The first-order valence-electron chi connectivity index (χ1n) is 10.4. The second kappa shape index (κ2) is 7.49. The van der Waals surface area contributed by atoms with Crippen molar-refractivity contribution in [2.24, 2.45) is 53.3 Å². The van der Waals surface area contributed by atoms with Crippen LogP contribution in [0.25, 0.3) is 0 Å². The molecule has 0 aromatic carbocycles. The van der Waals surface area contributed by atoms with Crippen LogP contribution in [0.5, 0.6) is 0 Å². The number of aliphatic carboxylic acids is 2. The maximum Gasteiger partial charge on any atom is 0.307 e. The molecule has 0 saturated heterocycles. The summed E-state index contributed by atoms with van der Waals surface area (Å²) in [6.45, 7) is 5.89. The van der Waals surface area contributed by atoms with Crippen LogP contribution in [0.2, 0.25) is 0 Å². The summed E-state index contributed by atoms with van der Waals surface area (Å²) in [6, 6.07) is 0. The minimum absolute atomic E-state index is 0.0381. The van der Waals surface area contributed by atoms with Gasteiger partial charge in [-0.05, 0) is 80.0 Å². The van der Waals surface area contributed by atoms with Gasteiger partial charge >= 0.3 is 11.9 Å². The van der Waals surface area contributed by atoms with E-state index in [0.717, 1.165) is 38.5 Å². The molecule has 10 unspecified atom stereocenters. The fraction of sp³-hybridized carbons (Fsp3) is 0.905. The molecule has 0 aliphatic heterocycles. The van der Waals surface area contributed by atoms with Crippen LogP contribution in [0.4, 0.5) is 0 Å². The second-order valence-electron chi connectivity index (χ2n) is 9.46. The summed E-state index contributed by atoms with van der Waals surface area (Å²) in [7, 11) is 0. The van der Waals surface area contributed by atoms with E-state index in [-0.39, 0.29) is 17.9 Å². The van der Waals surface area contributed by atoms with Crippen molar-refractivity contribution in [3.05, 3.63) is 0 Å². The number of carboxylic acid groups (broad SMARTS) is 2. The van der Waals surface area contributed by atoms with E-state index < -0.39 is 23.8 Å². The van der Waals surface area contributed by atoms with Crippen LogP contribution >= 0.6 is 0 Å². The topological polar surface area (TPSA) is 94.8 Å². The van der Waals surface area contributed by atoms with Gasteiger partial charge in [0.2, 0.25) is 0 Å². The summed E-state index contributed by atoms with van der Waals surface area (Å²) in [6.07, 6.45) is 5.90. The molecular weight excluding hydrogens is 332 g/mol. The number of fused-ring (bicyclic) bond motifs is 2. The van der Waals surface area contributed by atoms with E-state index >= 15 is 0 Å². The summed E-state index contributed by atoms with van der Waals surface area (Å²) < 4.78 is 0. The highest BCUT2D eigenvalue weighted by molar-refractivity contribution is 5.80. The lowest BCUT2D eigenvalue weighted by Crippen LogP contribution is -2.44. The maximum absolute atomic E-state index is 12.0. The van der Waals surface area contributed by atoms with Crippen molar-refractivity contribution in [3.8, 4) is 0 Å². The lowest BCUT2D eigenvalue weighted by atomic mass is 9.60. The first-order chi connectivity index (χ1) is 12.2. The Morgan fingerprint density at radius 2 is 1.50 bits per heavy atom. The van der Waals surface area contributed by atoms with Crippen LogP contribution in [0.3, 0.4) is 0 Å². The smallest absolute Gasteiger partial charge is 0.307 e. The molecule has 0 amide bonds. The van der Waals surface area contributed by atoms with Gasteiger partial charge in [-0.25, -0.2) is 0 Å². The molecule has 3 rings (SSSR count). The summed E-state index contributed by atoms with van der Waals surface area (Å²) in [5, 5.41) is 29.7. The molecule has 5 heteroatoms. The highest BCUT2D eigenvalue weighted by Gasteiger charge is 2.56. The van der Waals surface area contributed by atoms with Crippen LogP contribution in [-0.2, 0) is 9.59 Å². The molecule has 3 fully saturated rings. The fourth-order valence-corrected chi connectivity index (χ4v) is 6.68. The van der Waals surface area contributed by atoms with Crippen LogP contribution in [0.15, 0.2) is 0 Å². The van der Waals surface area contributed by atoms with E-state index in [1.54, 1.807) is 6.92 Å². The van der Waals surface area contributed by atoms with Gasteiger partial charge in [-0.15, -0.1) is 0 Å². The lowest BCUT2D eigenvalue weighted by Gasteiger charge is -2.44. The third kappa shape index (κ3) is 3.39. The van der Waals surface area contributed by atoms with Crippen molar-refractivity contribution < 1.29 is 24.9 Å². The third-order valence-corrected chi connectivity index (χ3v) is 8.22. The summed E-state index contributed by atoms with van der Waals surface area (Å²) >= 11 is 0. The monoisotopic (exact) mass is 366 g/mol. The van der Waals surface area contributed by atoms with Crippen LogP contribution in [0.1, 0.15) is 59.3 Å². The van der Waals surface area contributed by atoms with Gasteiger partial charge in [-0.3, -0.25) is 9.59 Å². The molecule has 0 heterocycles. The van der Waals surface area contributed by atoms with Crippen LogP contribution in [0, 0.1) is 53.3 Å². The molecule has 3 aliphatic carbocycles. The van der Waals surface area contributed by atoms with Gasteiger partial charge in [-0.1, -0.05) is 20.8 Å². The molecular formula is C21H34O5. The fourth-order valence-electron chi connectivity index (χ4n) is 6.68. The van der Waals surface area contributed by atoms with E-state index in [9.17, 15) is 24.9 Å². The molecule has 2 bridgehead atoms. The molecule has 0 radical (unpaired) electrons. The zero-order chi connectivity index (χ0) is 19.2. The van der Waals surface area contributed by atoms with Crippen molar-refractivity contribution in [1.29, 1.82) is 0 Å². The highest BCUT2D eigenvalue weighted by atomic mass is 16.4. The molecule has 3 N–H and O–H groups in total. The van der Waals surface area contributed by atoms with Crippen LogP contribution in [-0.4, -0.2) is 33.4 Å². The number of aliphatic hydroxyl groups is 1. The predicted molar refractivity (Wildman–Crippen MR) is 97.4 cm³/mol. The van der Waals surface area contributed by atoms with Gasteiger partial charge in [-0.2, -0.15) is 0 Å². The molecule has 3 aliphatic rings. The minimum Gasteiger partial charge on any atom is -0.481 e. The average molecular weight is 366 g/mol. The molecule has 0 aromatic heterocycles. The second-order valence-corrected chi connectivity index (χ2v) is 9.46. The first-order valence-corrected chi connectivity index (χ1v) is 10.4. The minimum atomic E-state index is -1.01. The van der Waals surface area contributed by atoms with Gasteiger partial charge in [0, 0.05) is 0 Å². The van der Waals surface area contributed by atoms with E-state index in [1.165, 1.54) is 0 Å². The maximum atomic E-state index is 12.0. The quantitative estimate of drug-likeness (QED) is 0.669. The Kier molecular flexibility index (Phi) is 5.66. The normalized spacial score (nSPS) is 43.0. The average Bonchev–Trinajstić information content (AvgIpc) is 3.18. The van der Waals surface area contributed by atoms with Gasteiger partial charge < -0.3 is 15.3 Å². The van der Waals surface area contributed by atoms with Crippen molar-refractivity contribution >= 4 is 11.9 Å². The summed E-state index contributed by atoms with van der Waals surface area (Å²) in [4.78, 5) is 23.6. The zero-order valence-corrected chi connectivity index (χ0v) is 16.2. The molecule has 148 valence electrons. The van der Waals surface area contributed by atoms with E-state index in [0.29, 0.717) is 29.6 Å². The van der Waals surface area contributed by atoms with E-state index in [2.05, 4.69) is 13.8 Å². The van der Waals surface area contributed by atoms with Gasteiger partial charge in [0.1, 0.15) is 0 Å². The Morgan fingerprint density at radius 1 is 0.885 bits per heavy atom. The largest absolute Gasteiger partial charge is 0.481 e. The molecule has 26 heavy (non-hydrogen) atoms. The van der Waals surface area contributed by atoms with Gasteiger partial charge in [0.05, 0.1) is 17.9 Å². The molecule has 0 aromatic rings. The number of hydrogen-bond donors (Lipinski definition) is 3. The Bertz CT molecular complexity index is 547. The number of carbonyl (C=O) groups is 2. The van der Waals surface area contributed by atoms with Gasteiger partial charge in [0.25, 0.3) is 0 Å². The van der Waals surface area contributed by atoms with Crippen LogP contribution < -0.4 is 0 Å².